The second-order valence-corrected chi connectivity index (χ2v) is 8.61. The molecule has 1 aliphatic rings. The van der Waals surface area contributed by atoms with Gasteiger partial charge in [0.1, 0.15) is 11.5 Å². The number of nitro groups is 1. The van der Waals surface area contributed by atoms with E-state index in [0.717, 1.165) is 10.4 Å². The molecule has 0 aromatic heterocycles. The summed E-state index contributed by atoms with van der Waals surface area (Å²) in [6.07, 6.45) is 0. The van der Waals surface area contributed by atoms with Gasteiger partial charge < -0.3 is 19.5 Å². The zero-order valence-corrected chi connectivity index (χ0v) is 17.7. The highest BCUT2D eigenvalue weighted by Crippen LogP contribution is 2.31. The van der Waals surface area contributed by atoms with Gasteiger partial charge in [0.2, 0.25) is 10.0 Å². The van der Waals surface area contributed by atoms with Crippen LogP contribution in [0, 0.1) is 10.1 Å². The summed E-state index contributed by atoms with van der Waals surface area (Å²) in [5.41, 5.74) is -0.366. The first-order valence-corrected chi connectivity index (χ1v) is 10.6. The van der Waals surface area contributed by atoms with Gasteiger partial charge in [0.25, 0.3) is 5.91 Å². The number of carbonyl (C=O) groups is 1. The number of carbonyl (C=O) groups excluding carboxylic acids is 1. The Labute approximate surface area is 178 Å². The first-order valence-electron chi connectivity index (χ1n) is 9.18. The summed E-state index contributed by atoms with van der Waals surface area (Å²) >= 11 is 0. The molecule has 0 radical (unpaired) electrons. The predicted octanol–water partition coefficient (Wildman–Crippen LogP) is 1.46. The SMILES string of the molecule is COc1ccc(C(=O)N2CCN(S(=O)(=O)c3ccc(OC)c([N+](=O)[O-])c3)CC2)c(O)c1. The zero-order valence-electron chi connectivity index (χ0n) is 16.8. The van der Waals surface area contributed by atoms with Crippen LogP contribution in [0.5, 0.6) is 17.2 Å². The van der Waals surface area contributed by atoms with E-state index < -0.39 is 26.5 Å². The first kappa shape index (κ1) is 22.3. The monoisotopic (exact) mass is 451 g/mol. The fraction of sp³-hybridized carbons (Fsp3) is 0.316. The fourth-order valence-electron chi connectivity index (χ4n) is 3.24. The number of benzene rings is 2. The van der Waals surface area contributed by atoms with Gasteiger partial charge in [-0.1, -0.05) is 0 Å². The summed E-state index contributed by atoms with van der Waals surface area (Å²) in [5, 5.41) is 21.3. The van der Waals surface area contributed by atoms with Gasteiger partial charge in [-0.25, -0.2) is 8.42 Å². The third-order valence-corrected chi connectivity index (χ3v) is 6.84. The summed E-state index contributed by atoms with van der Waals surface area (Å²) in [5.74, 6) is -0.306. The molecule has 2 aromatic carbocycles. The molecule has 1 N–H and O–H groups in total. The Bertz CT molecular complexity index is 1110. The minimum atomic E-state index is -4.00. The number of phenolic OH excluding ortho intramolecular Hbond substituents is 1. The molecule has 0 aliphatic carbocycles. The molecular formula is C19H21N3O8S. The van der Waals surface area contributed by atoms with Gasteiger partial charge >= 0.3 is 5.69 Å². The Morgan fingerprint density at radius 2 is 1.74 bits per heavy atom. The molecule has 1 fully saturated rings. The maximum Gasteiger partial charge on any atom is 0.312 e. The molecule has 1 saturated heterocycles. The summed E-state index contributed by atoms with van der Waals surface area (Å²) in [6, 6.07) is 7.75. The van der Waals surface area contributed by atoms with Crippen LogP contribution >= 0.6 is 0 Å². The average Bonchev–Trinajstić information content (AvgIpc) is 2.78. The number of hydrogen-bond acceptors (Lipinski definition) is 8. The molecule has 0 spiro atoms. The van der Waals surface area contributed by atoms with Gasteiger partial charge in [-0.15, -0.1) is 0 Å². The number of ether oxygens (including phenoxy) is 2. The molecular weight excluding hydrogens is 430 g/mol. The quantitative estimate of drug-likeness (QED) is 0.514. The lowest BCUT2D eigenvalue weighted by Gasteiger charge is -2.34. The largest absolute Gasteiger partial charge is 0.507 e. The molecule has 0 saturated carbocycles. The Kier molecular flexibility index (Phi) is 6.32. The van der Waals surface area contributed by atoms with Gasteiger partial charge in [0, 0.05) is 38.3 Å². The number of sulfonamides is 1. The van der Waals surface area contributed by atoms with Crippen LogP contribution in [0.2, 0.25) is 0 Å². The molecule has 0 unspecified atom stereocenters. The normalized spacial score (nSPS) is 14.8. The summed E-state index contributed by atoms with van der Waals surface area (Å²) in [6.45, 7) is 0.208. The second kappa shape index (κ2) is 8.78. The molecule has 2 aromatic rings. The number of nitrogens with zero attached hydrogens (tertiary/aromatic N) is 3. The average molecular weight is 451 g/mol. The van der Waals surface area contributed by atoms with E-state index in [1.165, 1.54) is 43.4 Å². The van der Waals surface area contributed by atoms with Crippen LogP contribution in [0.4, 0.5) is 5.69 Å². The van der Waals surface area contributed by atoms with Crippen molar-refractivity contribution in [2.24, 2.45) is 0 Å². The van der Waals surface area contributed by atoms with Crippen LogP contribution in [-0.4, -0.2) is 74.0 Å². The fourth-order valence-corrected chi connectivity index (χ4v) is 4.69. The van der Waals surface area contributed by atoms with E-state index in [2.05, 4.69) is 0 Å². The zero-order chi connectivity index (χ0) is 22.8. The second-order valence-electron chi connectivity index (χ2n) is 6.67. The molecule has 31 heavy (non-hydrogen) atoms. The van der Waals surface area contributed by atoms with Crippen molar-refractivity contribution in [3.63, 3.8) is 0 Å². The number of amides is 1. The highest BCUT2D eigenvalue weighted by atomic mass is 32.2. The summed E-state index contributed by atoms with van der Waals surface area (Å²) in [7, 11) is -1.31. The number of methoxy groups -OCH3 is 2. The van der Waals surface area contributed by atoms with Crippen LogP contribution < -0.4 is 9.47 Å². The first-order chi connectivity index (χ1) is 14.7. The van der Waals surface area contributed by atoms with Crippen LogP contribution in [0.15, 0.2) is 41.3 Å². The summed E-state index contributed by atoms with van der Waals surface area (Å²) < 4.78 is 36.9. The lowest BCUT2D eigenvalue weighted by atomic mass is 10.1. The van der Waals surface area contributed by atoms with Gasteiger partial charge in [-0.05, 0) is 24.3 Å². The maximum atomic E-state index is 12.9. The highest BCUT2D eigenvalue weighted by Gasteiger charge is 2.32. The van der Waals surface area contributed by atoms with Gasteiger partial charge in [0.15, 0.2) is 5.75 Å². The van der Waals surface area contributed by atoms with Crippen molar-refractivity contribution in [3.05, 3.63) is 52.1 Å². The van der Waals surface area contributed by atoms with Crippen LogP contribution in [0.3, 0.4) is 0 Å². The van der Waals surface area contributed by atoms with E-state index in [9.17, 15) is 28.4 Å². The number of rotatable bonds is 6. The standard InChI is InChI=1S/C19H21N3O8S/c1-29-13-3-5-15(17(23)11-13)19(24)20-7-9-21(10-8-20)31(27,28)14-4-6-18(30-2)16(12-14)22(25)26/h3-6,11-12,23H,7-10H2,1-2H3. The molecule has 1 aliphatic heterocycles. The van der Waals surface area contributed by atoms with Crippen molar-refractivity contribution >= 4 is 21.6 Å². The molecule has 1 heterocycles. The van der Waals surface area contributed by atoms with E-state index in [0.29, 0.717) is 5.75 Å². The lowest BCUT2D eigenvalue weighted by Crippen LogP contribution is -2.50. The maximum absolute atomic E-state index is 12.9. The van der Waals surface area contributed by atoms with E-state index in [1.807, 2.05) is 0 Å². The molecule has 11 nitrogen and oxygen atoms in total. The number of aromatic hydroxyl groups is 1. The van der Waals surface area contributed by atoms with Crippen molar-refractivity contribution in [3.8, 4) is 17.2 Å². The third kappa shape index (κ3) is 4.39. The van der Waals surface area contributed by atoms with Crippen molar-refractivity contribution in [1.82, 2.24) is 9.21 Å². The van der Waals surface area contributed by atoms with Crippen molar-refractivity contribution in [2.75, 3.05) is 40.4 Å². The topological polar surface area (TPSA) is 140 Å². The Morgan fingerprint density at radius 1 is 1.06 bits per heavy atom. The molecule has 12 heteroatoms. The molecule has 3 rings (SSSR count). The Balaban J connectivity index is 1.75. The lowest BCUT2D eigenvalue weighted by molar-refractivity contribution is -0.386. The highest BCUT2D eigenvalue weighted by molar-refractivity contribution is 7.89. The predicted molar refractivity (Wildman–Crippen MR) is 109 cm³/mol. The van der Waals surface area contributed by atoms with Crippen LogP contribution in [0.25, 0.3) is 0 Å². The van der Waals surface area contributed by atoms with Crippen molar-refractivity contribution in [2.45, 2.75) is 4.90 Å². The number of piperazine rings is 1. The molecule has 1 amide bonds. The van der Waals surface area contributed by atoms with E-state index in [-0.39, 0.29) is 48.1 Å². The number of hydrogen-bond donors (Lipinski definition) is 1. The molecule has 166 valence electrons. The van der Waals surface area contributed by atoms with Crippen molar-refractivity contribution < 1.29 is 32.7 Å². The minimum absolute atomic E-state index is 0.00478. The Morgan fingerprint density at radius 3 is 2.29 bits per heavy atom. The van der Waals surface area contributed by atoms with Gasteiger partial charge in [-0.2, -0.15) is 4.31 Å². The molecule has 0 atom stereocenters. The number of phenols is 1. The molecule has 0 bridgehead atoms. The van der Waals surface area contributed by atoms with Crippen molar-refractivity contribution in [1.29, 1.82) is 0 Å². The third-order valence-electron chi connectivity index (χ3n) is 4.95. The van der Waals surface area contributed by atoms with Crippen LogP contribution in [0.1, 0.15) is 10.4 Å². The number of nitro benzene ring substituents is 1. The van der Waals surface area contributed by atoms with E-state index in [4.69, 9.17) is 9.47 Å². The summed E-state index contributed by atoms with van der Waals surface area (Å²) in [4.78, 5) is 24.4. The minimum Gasteiger partial charge on any atom is -0.507 e. The van der Waals surface area contributed by atoms with Gasteiger partial charge in [0.05, 0.1) is 29.6 Å². The van der Waals surface area contributed by atoms with E-state index in [1.54, 1.807) is 6.07 Å². The van der Waals surface area contributed by atoms with Gasteiger partial charge in [-0.3, -0.25) is 14.9 Å². The van der Waals surface area contributed by atoms with E-state index >= 15 is 0 Å². The Hall–Kier alpha value is -3.38. The van der Waals surface area contributed by atoms with Crippen LogP contribution in [-0.2, 0) is 10.0 Å². The smallest absolute Gasteiger partial charge is 0.312 e.